The van der Waals surface area contributed by atoms with Crippen LogP contribution in [0.1, 0.15) is 33.8 Å². The monoisotopic (exact) mass is 317 g/mol. The van der Waals surface area contributed by atoms with Crippen molar-refractivity contribution in [3.05, 3.63) is 70.2 Å². The second-order valence-electron chi connectivity index (χ2n) is 5.29. The van der Waals surface area contributed by atoms with E-state index in [-0.39, 0.29) is 18.4 Å². The van der Waals surface area contributed by atoms with Crippen LogP contribution in [-0.2, 0) is 0 Å². The Balaban J connectivity index is 2.02. The van der Waals surface area contributed by atoms with Crippen LogP contribution in [0.4, 0.5) is 0 Å². The second kappa shape index (κ2) is 7.97. The molecule has 3 nitrogen and oxygen atoms in total. The van der Waals surface area contributed by atoms with Gasteiger partial charge in [0.05, 0.1) is 0 Å². The summed E-state index contributed by atoms with van der Waals surface area (Å²) in [6, 6.07) is 15.2. The molecule has 0 aliphatic carbocycles. The van der Waals surface area contributed by atoms with Gasteiger partial charge in [-0.15, -0.1) is 0 Å². The molecule has 0 radical (unpaired) electrons. The SMILES string of the molecule is Cc1ccc(C(=O)NCC(CCO)c2ccccc2)cc1Cl. The topological polar surface area (TPSA) is 49.3 Å². The van der Waals surface area contributed by atoms with Crippen molar-refractivity contribution in [1.29, 1.82) is 0 Å². The quantitative estimate of drug-likeness (QED) is 0.856. The van der Waals surface area contributed by atoms with E-state index in [0.717, 1.165) is 11.1 Å². The summed E-state index contributed by atoms with van der Waals surface area (Å²) in [5.41, 5.74) is 2.60. The Morgan fingerprint density at radius 1 is 1.23 bits per heavy atom. The highest BCUT2D eigenvalue weighted by atomic mass is 35.5. The van der Waals surface area contributed by atoms with Crippen molar-refractivity contribution in [3.8, 4) is 0 Å². The number of aliphatic hydroxyl groups excluding tert-OH is 1. The van der Waals surface area contributed by atoms with E-state index in [1.807, 2.05) is 43.3 Å². The minimum absolute atomic E-state index is 0.0891. The van der Waals surface area contributed by atoms with E-state index in [4.69, 9.17) is 11.6 Å². The molecule has 0 aliphatic heterocycles. The number of aryl methyl sites for hydroxylation is 1. The van der Waals surface area contributed by atoms with Crippen LogP contribution in [0.25, 0.3) is 0 Å². The number of hydrogen-bond donors (Lipinski definition) is 2. The predicted molar refractivity (Wildman–Crippen MR) is 89.4 cm³/mol. The first-order valence-electron chi connectivity index (χ1n) is 7.32. The van der Waals surface area contributed by atoms with Gasteiger partial charge < -0.3 is 10.4 Å². The predicted octanol–water partition coefficient (Wildman–Crippen LogP) is 3.54. The van der Waals surface area contributed by atoms with E-state index in [9.17, 15) is 9.90 Å². The van der Waals surface area contributed by atoms with E-state index in [1.165, 1.54) is 0 Å². The molecule has 2 aromatic rings. The number of aliphatic hydroxyl groups is 1. The van der Waals surface area contributed by atoms with Crippen molar-refractivity contribution >= 4 is 17.5 Å². The van der Waals surface area contributed by atoms with Gasteiger partial charge in [-0.1, -0.05) is 48.0 Å². The fourth-order valence-corrected chi connectivity index (χ4v) is 2.50. The van der Waals surface area contributed by atoms with Crippen LogP contribution in [-0.4, -0.2) is 24.2 Å². The highest BCUT2D eigenvalue weighted by molar-refractivity contribution is 6.31. The van der Waals surface area contributed by atoms with Crippen molar-refractivity contribution in [2.24, 2.45) is 0 Å². The standard InChI is InChI=1S/C18H20ClNO2/c1-13-7-8-15(11-17(13)19)18(22)20-12-16(9-10-21)14-5-3-2-4-6-14/h2-8,11,16,21H,9-10,12H2,1H3,(H,20,22). The van der Waals surface area contributed by atoms with E-state index >= 15 is 0 Å². The minimum atomic E-state index is -0.152. The maximum atomic E-state index is 12.2. The molecule has 0 saturated carbocycles. The maximum absolute atomic E-state index is 12.2. The third kappa shape index (κ3) is 4.33. The largest absolute Gasteiger partial charge is 0.396 e. The van der Waals surface area contributed by atoms with Crippen molar-refractivity contribution in [3.63, 3.8) is 0 Å². The Morgan fingerprint density at radius 3 is 2.59 bits per heavy atom. The lowest BCUT2D eigenvalue weighted by atomic mass is 9.96. The summed E-state index contributed by atoms with van der Waals surface area (Å²) >= 11 is 6.05. The zero-order valence-corrected chi connectivity index (χ0v) is 13.3. The van der Waals surface area contributed by atoms with E-state index < -0.39 is 0 Å². The van der Waals surface area contributed by atoms with Crippen molar-refractivity contribution in [2.75, 3.05) is 13.2 Å². The van der Waals surface area contributed by atoms with Crippen LogP contribution >= 0.6 is 11.6 Å². The molecule has 1 unspecified atom stereocenters. The van der Waals surface area contributed by atoms with Crippen molar-refractivity contribution < 1.29 is 9.90 Å². The fraction of sp³-hybridized carbons (Fsp3) is 0.278. The van der Waals surface area contributed by atoms with Gasteiger partial charge >= 0.3 is 0 Å². The van der Waals surface area contributed by atoms with Gasteiger partial charge in [0, 0.05) is 29.7 Å². The summed E-state index contributed by atoms with van der Waals surface area (Å²) in [4.78, 5) is 12.2. The molecule has 4 heteroatoms. The zero-order valence-electron chi connectivity index (χ0n) is 12.6. The third-order valence-corrected chi connectivity index (χ3v) is 4.10. The van der Waals surface area contributed by atoms with Crippen LogP contribution in [0.2, 0.25) is 5.02 Å². The summed E-state index contributed by atoms with van der Waals surface area (Å²) in [6.45, 7) is 2.47. The lowest BCUT2D eigenvalue weighted by Gasteiger charge is -2.17. The smallest absolute Gasteiger partial charge is 0.251 e. The summed E-state index contributed by atoms with van der Waals surface area (Å²) in [7, 11) is 0. The third-order valence-electron chi connectivity index (χ3n) is 3.69. The van der Waals surface area contributed by atoms with Gasteiger partial charge in [-0.25, -0.2) is 0 Å². The Morgan fingerprint density at radius 2 is 1.95 bits per heavy atom. The van der Waals surface area contributed by atoms with E-state index in [0.29, 0.717) is 23.6 Å². The molecular weight excluding hydrogens is 298 g/mol. The number of amides is 1. The second-order valence-corrected chi connectivity index (χ2v) is 5.70. The highest BCUT2D eigenvalue weighted by Crippen LogP contribution is 2.19. The molecule has 2 N–H and O–H groups in total. The fourth-order valence-electron chi connectivity index (χ4n) is 2.32. The number of benzene rings is 2. The number of halogens is 1. The number of hydrogen-bond acceptors (Lipinski definition) is 2. The Kier molecular flexibility index (Phi) is 5.99. The summed E-state index contributed by atoms with van der Waals surface area (Å²) < 4.78 is 0. The van der Waals surface area contributed by atoms with Gasteiger partial charge in [-0.2, -0.15) is 0 Å². The average Bonchev–Trinajstić information content (AvgIpc) is 2.54. The molecule has 2 rings (SSSR count). The first-order chi connectivity index (χ1) is 10.6. The molecule has 1 atom stereocenters. The summed E-state index contributed by atoms with van der Waals surface area (Å²) in [6.07, 6.45) is 0.610. The summed E-state index contributed by atoms with van der Waals surface area (Å²) in [5, 5.41) is 12.7. The van der Waals surface area contributed by atoms with Crippen LogP contribution in [0.3, 0.4) is 0 Å². The van der Waals surface area contributed by atoms with E-state index in [1.54, 1.807) is 12.1 Å². The normalized spacial score (nSPS) is 12.0. The molecule has 0 aliphatic rings. The van der Waals surface area contributed by atoms with Gasteiger partial charge in [0.1, 0.15) is 0 Å². The molecule has 0 fully saturated rings. The molecular formula is C18H20ClNO2. The van der Waals surface area contributed by atoms with Crippen molar-refractivity contribution in [2.45, 2.75) is 19.3 Å². The number of carbonyl (C=O) groups excluding carboxylic acids is 1. The van der Waals surface area contributed by atoms with Crippen LogP contribution in [0, 0.1) is 6.92 Å². The molecule has 0 spiro atoms. The Bertz CT molecular complexity index is 628. The Labute approximate surface area is 135 Å². The first kappa shape index (κ1) is 16.5. The number of nitrogens with one attached hydrogen (secondary N) is 1. The minimum Gasteiger partial charge on any atom is -0.396 e. The molecule has 0 heterocycles. The van der Waals surface area contributed by atoms with Crippen LogP contribution in [0.15, 0.2) is 48.5 Å². The molecule has 1 amide bonds. The van der Waals surface area contributed by atoms with Gasteiger partial charge in [-0.05, 0) is 36.6 Å². The number of rotatable bonds is 6. The van der Waals surface area contributed by atoms with Gasteiger partial charge in [0.25, 0.3) is 5.91 Å². The van der Waals surface area contributed by atoms with Gasteiger partial charge in [-0.3, -0.25) is 4.79 Å². The van der Waals surface area contributed by atoms with Crippen molar-refractivity contribution in [1.82, 2.24) is 5.32 Å². The molecule has 22 heavy (non-hydrogen) atoms. The zero-order chi connectivity index (χ0) is 15.9. The van der Waals surface area contributed by atoms with E-state index in [2.05, 4.69) is 5.32 Å². The molecule has 0 saturated heterocycles. The molecule has 0 bridgehead atoms. The average molecular weight is 318 g/mol. The maximum Gasteiger partial charge on any atom is 0.251 e. The lowest BCUT2D eigenvalue weighted by molar-refractivity contribution is 0.0949. The van der Waals surface area contributed by atoms with Gasteiger partial charge in [0.2, 0.25) is 0 Å². The van der Waals surface area contributed by atoms with Crippen LogP contribution < -0.4 is 5.32 Å². The highest BCUT2D eigenvalue weighted by Gasteiger charge is 2.13. The molecule has 2 aromatic carbocycles. The van der Waals surface area contributed by atoms with Crippen LogP contribution in [0.5, 0.6) is 0 Å². The summed E-state index contributed by atoms with van der Waals surface area (Å²) in [5.74, 6) is -0.0585. The lowest BCUT2D eigenvalue weighted by Crippen LogP contribution is -2.28. The number of carbonyl (C=O) groups is 1. The Hall–Kier alpha value is -1.84. The molecule has 116 valence electrons. The molecule has 0 aromatic heterocycles. The van der Waals surface area contributed by atoms with Gasteiger partial charge in [0.15, 0.2) is 0 Å². The first-order valence-corrected chi connectivity index (χ1v) is 7.69.